The van der Waals surface area contributed by atoms with Crippen molar-refractivity contribution in [3.63, 3.8) is 0 Å². The van der Waals surface area contributed by atoms with E-state index >= 15 is 0 Å². The Morgan fingerprint density at radius 3 is 2.36 bits per heavy atom. The van der Waals surface area contributed by atoms with Gasteiger partial charge in [0.1, 0.15) is 0 Å². The van der Waals surface area contributed by atoms with Gasteiger partial charge in [0.2, 0.25) is 0 Å². The zero-order valence-electron chi connectivity index (χ0n) is 14.1. The van der Waals surface area contributed by atoms with Gasteiger partial charge in [-0.15, -0.1) is 0 Å². The average molecular weight is 361 g/mol. The summed E-state index contributed by atoms with van der Waals surface area (Å²) < 4.78 is 26.2. The number of nitrogens with zero attached hydrogens (tertiary/aromatic N) is 1. The maximum Gasteiger partial charge on any atom is 0.171 e. The van der Waals surface area contributed by atoms with Crippen LogP contribution in [0.2, 0.25) is 0 Å². The molecule has 3 nitrogen and oxygen atoms in total. The predicted octanol–water partition coefficient (Wildman–Crippen LogP) is 4.61. The number of rotatable bonds is 4. The van der Waals surface area contributed by atoms with E-state index in [4.69, 9.17) is 12.2 Å². The highest BCUT2D eigenvalue weighted by molar-refractivity contribution is 7.80. The van der Waals surface area contributed by atoms with E-state index in [-0.39, 0.29) is 6.04 Å². The maximum absolute atomic E-state index is 13.2. The second-order valence-corrected chi connectivity index (χ2v) is 6.64. The second kappa shape index (κ2) is 7.78. The first-order valence-electron chi connectivity index (χ1n) is 8.40. The molecule has 1 aliphatic heterocycles. The molecule has 0 aromatic heterocycles. The molecule has 0 saturated carbocycles. The van der Waals surface area contributed by atoms with Gasteiger partial charge in [-0.05, 0) is 61.8 Å². The molecule has 0 radical (unpaired) electrons. The Morgan fingerprint density at radius 1 is 1.04 bits per heavy atom. The van der Waals surface area contributed by atoms with E-state index in [1.165, 1.54) is 24.6 Å². The normalized spacial score (nSPS) is 15.1. The summed E-state index contributed by atoms with van der Waals surface area (Å²) in [6, 6.07) is 12.0. The molecule has 6 heteroatoms. The van der Waals surface area contributed by atoms with Crippen LogP contribution in [0.5, 0.6) is 0 Å². The van der Waals surface area contributed by atoms with Crippen LogP contribution in [0.15, 0.2) is 42.5 Å². The van der Waals surface area contributed by atoms with Gasteiger partial charge in [-0.2, -0.15) is 0 Å². The van der Waals surface area contributed by atoms with Crippen LogP contribution in [0, 0.1) is 11.6 Å². The van der Waals surface area contributed by atoms with Crippen molar-refractivity contribution in [2.75, 3.05) is 23.3 Å². The minimum Gasteiger partial charge on any atom is -0.372 e. The molecule has 0 bridgehead atoms. The lowest BCUT2D eigenvalue weighted by molar-refractivity contribution is 0.509. The summed E-state index contributed by atoms with van der Waals surface area (Å²) in [5, 5.41) is 6.39. The molecule has 1 unspecified atom stereocenters. The van der Waals surface area contributed by atoms with Crippen molar-refractivity contribution in [3.05, 3.63) is 59.7 Å². The van der Waals surface area contributed by atoms with E-state index in [1.54, 1.807) is 0 Å². The molecule has 132 valence electrons. The van der Waals surface area contributed by atoms with Crippen molar-refractivity contribution in [1.82, 2.24) is 5.32 Å². The van der Waals surface area contributed by atoms with Gasteiger partial charge < -0.3 is 15.5 Å². The Labute approximate surface area is 152 Å². The van der Waals surface area contributed by atoms with Crippen LogP contribution < -0.4 is 15.5 Å². The molecule has 2 aromatic carbocycles. The fourth-order valence-corrected chi connectivity index (χ4v) is 3.26. The van der Waals surface area contributed by atoms with E-state index < -0.39 is 11.6 Å². The zero-order valence-corrected chi connectivity index (χ0v) is 14.9. The van der Waals surface area contributed by atoms with Gasteiger partial charge in [0.15, 0.2) is 16.7 Å². The molecule has 0 aliphatic carbocycles. The highest BCUT2D eigenvalue weighted by Gasteiger charge is 2.13. The first-order chi connectivity index (χ1) is 12.0. The molecule has 25 heavy (non-hydrogen) atoms. The molecule has 1 atom stereocenters. The van der Waals surface area contributed by atoms with Crippen molar-refractivity contribution < 1.29 is 8.78 Å². The lowest BCUT2D eigenvalue weighted by atomic mass is 10.1. The molecule has 2 aromatic rings. The number of nitrogens with one attached hydrogen (secondary N) is 2. The number of benzene rings is 2. The van der Waals surface area contributed by atoms with E-state index in [9.17, 15) is 8.78 Å². The van der Waals surface area contributed by atoms with E-state index in [2.05, 4.69) is 39.8 Å². The van der Waals surface area contributed by atoms with Crippen LogP contribution in [0.4, 0.5) is 20.2 Å². The third kappa shape index (κ3) is 4.45. The van der Waals surface area contributed by atoms with Gasteiger partial charge in [0.25, 0.3) is 0 Å². The lowest BCUT2D eigenvalue weighted by Gasteiger charge is -2.20. The van der Waals surface area contributed by atoms with Crippen molar-refractivity contribution in [3.8, 4) is 0 Å². The SMILES string of the molecule is CC(NC(=S)Nc1ccc(F)c(F)c1)c1ccc(N2CCCC2)cc1. The van der Waals surface area contributed by atoms with Crippen molar-refractivity contribution in [2.45, 2.75) is 25.8 Å². The Balaban J connectivity index is 1.58. The molecule has 1 aliphatic rings. The molecule has 0 amide bonds. The molecule has 1 heterocycles. The third-order valence-corrected chi connectivity index (χ3v) is 4.61. The monoisotopic (exact) mass is 361 g/mol. The van der Waals surface area contributed by atoms with Gasteiger partial charge in [-0.1, -0.05) is 12.1 Å². The summed E-state index contributed by atoms with van der Waals surface area (Å²) in [6.45, 7) is 4.24. The lowest BCUT2D eigenvalue weighted by Crippen LogP contribution is -2.31. The Hall–Kier alpha value is -2.21. The topological polar surface area (TPSA) is 27.3 Å². The first-order valence-corrected chi connectivity index (χ1v) is 8.81. The summed E-state index contributed by atoms with van der Waals surface area (Å²) in [6.07, 6.45) is 2.51. The van der Waals surface area contributed by atoms with Gasteiger partial charge in [-0.25, -0.2) is 8.78 Å². The van der Waals surface area contributed by atoms with Crippen LogP contribution in [-0.4, -0.2) is 18.2 Å². The summed E-state index contributed by atoms with van der Waals surface area (Å²) in [4.78, 5) is 2.39. The predicted molar refractivity (Wildman–Crippen MR) is 102 cm³/mol. The number of thiocarbonyl (C=S) groups is 1. The number of hydrogen-bond acceptors (Lipinski definition) is 2. The largest absolute Gasteiger partial charge is 0.372 e. The molecular formula is C19H21F2N3S. The number of anilines is 2. The van der Waals surface area contributed by atoms with Crippen molar-refractivity contribution in [1.29, 1.82) is 0 Å². The quantitative estimate of drug-likeness (QED) is 0.778. The maximum atomic E-state index is 13.2. The Morgan fingerprint density at radius 2 is 1.72 bits per heavy atom. The zero-order chi connectivity index (χ0) is 17.8. The summed E-state index contributed by atoms with van der Waals surface area (Å²) in [5.41, 5.74) is 2.77. The fourth-order valence-electron chi connectivity index (χ4n) is 2.97. The standard InChI is InChI=1S/C19H21F2N3S/c1-13(14-4-7-16(8-5-14)24-10-2-3-11-24)22-19(25)23-15-6-9-17(20)18(21)12-15/h4-9,12-13H,2-3,10-11H2,1H3,(H2,22,23,25). The van der Waals surface area contributed by atoms with Gasteiger partial charge in [0, 0.05) is 30.5 Å². The molecule has 1 fully saturated rings. The van der Waals surface area contributed by atoms with Crippen LogP contribution in [0.3, 0.4) is 0 Å². The highest BCUT2D eigenvalue weighted by atomic mass is 32.1. The molecule has 1 saturated heterocycles. The number of halogens is 2. The van der Waals surface area contributed by atoms with E-state index in [0.717, 1.165) is 30.8 Å². The first kappa shape index (κ1) is 17.6. The molecule has 2 N–H and O–H groups in total. The second-order valence-electron chi connectivity index (χ2n) is 6.23. The smallest absolute Gasteiger partial charge is 0.171 e. The summed E-state index contributed by atoms with van der Waals surface area (Å²) >= 11 is 5.25. The average Bonchev–Trinajstić information content (AvgIpc) is 3.13. The number of hydrogen-bond donors (Lipinski definition) is 2. The minimum atomic E-state index is -0.904. The van der Waals surface area contributed by atoms with Crippen LogP contribution in [0.25, 0.3) is 0 Å². The summed E-state index contributed by atoms with van der Waals surface area (Å²) in [7, 11) is 0. The van der Waals surface area contributed by atoms with Crippen LogP contribution >= 0.6 is 12.2 Å². The van der Waals surface area contributed by atoms with Crippen LogP contribution in [0.1, 0.15) is 31.4 Å². The van der Waals surface area contributed by atoms with Gasteiger partial charge in [0.05, 0.1) is 6.04 Å². The van der Waals surface area contributed by atoms with Gasteiger partial charge in [-0.3, -0.25) is 0 Å². The molecule has 0 spiro atoms. The Kier molecular flexibility index (Phi) is 5.48. The van der Waals surface area contributed by atoms with E-state index in [0.29, 0.717) is 10.8 Å². The van der Waals surface area contributed by atoms with Crippen molar-refractivity contribution in [2.24, 2.45) is 0 Å². The third-order valence-electron chi connectivity index (χ3n) is 4.39. The molecule has 3 rings (SSSR count). The van der Waals surface area contributed by atoms with E-state index in [1.807, 2.05) is 6.92 Å². The van der Waals surface area contributed by atoms with Crippen molar-refractivity contribution >= 4 is 28.7 Å². The highest BCUT2D eigenvalue weighted by Crippen LogP contribution is 2.22. The Bertz CT molecular complexity index is 743. The van der Waals surface area contributed by atoms with Crippen LogP contribution in [-0.2, 0) is 0 Å². The molecular weight excluding hydrogens is 340 g/mol. The van der Waals surface area contributed by atoms with Gasteiger partial charge >= 0.3 is 0 Å². The summed E-state index contributed by atoms with van der Waals surface area (Å²) in [5.74, 6) is -1.78. The minimum absolute atomic E-state index is 0.00192. The fraction of sp³-hybridized carbons (Fsp3) is 0.316.